The van der Waals surface area contributed by atoms with E-state index in [4.69, 9.17) is 19.5 Å². The Morgan fingerprint density at radius 2 is 2.26 bits per heavy atom. The number of carbonyl (C=O) groups is 1. The van der Waals surface area contributed by atoms with E-state index in [-0.39, 0.29) is 11.8 Å². The third-order valence-corrected chi connectivity index (χ3v) is 3.84. The van der Waals surface area contributed by atoms with Gasteiger partial charge in [-0.3, -0.25) is 4.79 Å². The van der Waals surface area contributed by atoms with E-state index in [0.717, 1.165) is 12.8 Å². The highest BCUT2D eigenvalue weighted by Crippen LogP contribution is 2.20. The number of benzene rings is 1. The third-order valence-electron chi connectivity index (χ3n) is 3.84. The predicted molar refractivity (Wildman–Crippen MR) is 84.0 cm³/mol. The van der Waals surface area contributed by atoms with E-state index < -0.39 is 6.10 Å². The van der Waals surface area contributed by atoms with Crippen LogP contribution in [-0.4, -0.2) is 45.5 Å². The summed E-state index contributed by atoms with van der Waals surface area (Å²) in [5.74, 6) is 0.696. The molecule has 0 radical (unpaired) electrons. The maximum atomic E-state index is 12.2. The van der Waals surface area contributed by atoms with Gasteiger partial charge in [0.05, 0.1) is 18.2 Å². The number of hydrogen-bond acceptors (Lipinski definition) is 5. The van der Waals surface area contributed by atoms with Gasteiger partial charge in [-0.05, 0) is 37.0 Å². The minimum absolute atomic E-state index is 0.117. The average Bonchev–Trinajstić information content (AvgIpc) is 2.60. The minimum Gasteiger partial charge on any atom is -0.492 e. The van der Waals surface area contributed by atoms with Gasteiger partial charge in [-0.15, -0.1) is 0 Å². The number of nitrogens with one attached hydrogen (secondary N) is 1. The summed E-state index contributed by atoms with van der Waals surface area (Å²) in [6, 6.07) is 8.98. The van der Waals surface area contributed by atoms with Gasteiger partial charge in [0, 0.05) is 20.3 Å². The van der Waals surface area contributed by atoms with Crippen LogP contribution in [0, 0.1) is 17.2 Å². The molecule has 6 nitrogen and oxygen atoms in total. The second-order valence-electron chi connectivity index (χ2n) is 5.39. The van der Waals surface area contributed by atoms with Crippen molar-refractivity contribution in [2.45, 2.75) is 18.9 Å². The van der Waals surface area contributed by atoms with Gasteiger partial charge in [-0.1, -0.05) is 6.07 Å². The van der Waals surface area contributed by atoms with Crippen LogP contribution in [0.4, 0.5) is 0 Å². The molecule has 0 spiro atoms. The zero-order valence-electron chi connectivity index (χ0n) is 13.3. The van der Waals surface area contributed by atoms with E-state index in [0.29, 0.717) is 37.7 Å². The normalized spacial score (nSPS) is 16.3. The maximum Gasteiger partial charge on any atom is 0.249 e. The molecule has 1 fully saturated rings. The monoisotopic (exact) mass is 318 g/mol. The number of methoxy groups -OCH3 is 1. The molecule has 23 heavy (non-hydrogen) atoms. The second-order valence-corrected chi connectivity index (χ2v) is 5.39. The first-order chi connectivity index (χ1) is 11.2. The quantitative estimate of drug-likeness (QED) is 0.771. The second kappa shape index (κ2) is 9.13. The van der Waals surface area contributed by atoms with Crippen molar-refractivity contribution in [1.29, 1.82) is 5.26 Å². The average molecular weight is 318 g/mol. The Bertz CT molecular complexity index is 550. The standard InChI is InChI=1S/C17H22N2O4/c1-21-16(14-5-8-22-9-6-14)17(20)19-7-10-23-15-4-2-3-13(11-15)12-18/h2-4,11,14,16H,5-10H2,1H3,(H,19,20). The van der Waals surface area contributed by atoms with Gasteiger partial charge < -0.3 is 19.5 Å². The van der Waals surface area contributed by atoms with Gasteiger partial charge in [-0.25, -0.2) is 0 Å². The van der Waals surface area contributed by atoms with Crippen LogP contribution in [0.5, 0.6) is 5.75 Å². The lowest BCUT2D eigenvalue weighted by Gasteiger charge is -2.28. The van der Waals surface area contributed by atoms with Gasteiger partial charge in [0.2, 0.25) is 5.91 Å². The molecule has 1 aliphatic heterocycles. The molecule has 2 rings (SSSR count). The Balaban J connectivity index is 1.73. The van der Waals surface area contributed by atoms with Crippen molar-refractivity contribution in [3.05, 3.63) is 29.8 Å². The van der Waals surface area contributed by atoms with Gasteiger partial charge >= 0.3 is 0 Å². The van der Waals surface area contributed by atoms with E-state index in [1.807, 2.05) is 0 Å². The summed E-state index contributed by atoms with van der Waals surface area (Å²) in [5, 5.41) is 11.7. The van der Waals surface area contributed by atoms with Gasteiger partial charge in [0.25, 0.3) is 0 Å². The van der Waals surface area contributed by atoms with E-state index in [2.05, 4.69) is 11.4 Å². The summed E-state index contributed by atoms with van der Waals surface area (Å²) in [5.41, 5.74) is 0.547. The highest BCUT2D eigenvalue weighted by molar-refractivity contribution is 5.81. The van der Waals surface area contributed by atoms with Crippen molar-refractivity contribution < 1.29 is 19.0 Å². The van der Waals surface area contributed by atoms with Crippen molar-refractivity contribution >= 4 is 5.91 Å². The summed E-state index contributed by atoms with van der Waals surface area (Å²) in [6.07, 6.45) is 1.23. The summed E-state index contributed by atoms with van der Waals surface area (Å²) >= 11 is 0. The molecule has 1 unspecified atom stereocenters. The number of carbonyl (C=O) groups excluding carboxylic acids is 1. The molecule has 0 aliphatic carbocycles. The van der Waals surface area contributed by atoms with Crippen LogP contribution >= 0.6 is 0 Å². The van der Waals surface area contributed by atoms with Crippen LogP contribution < -0.4 is 10.1 Å². The first kappa shape index (κ1) is 17.3. The van der Waals surface area contributed by atoms with Crippen LogP contribution in [0.25, 0.3) is 0 Å². The van der Waals surface area contributed by atoms with Gasteiger partial charge in [0.1, 0.15) is 18.5 Å². The number of rotatable bonds is 7. The molecular formula is C17H22N2O4. The van der Waals surface area contributed by atoms with Crippen molar-refractivity contribution in [1.82, 2.24) is 5.32 Å². The first-order valence-electron chi connectivity index (χ1n) is 7.76. The van der Waals surface area contributed by atoms with Crippen molar-refractivity contribution in [2.24, 2.45) is 5.92 Å². The molecule has 1 heterocycles. The van der Waals surface area contributed by atoms with Crippen LogP contribution in [0.3, 0.4) is 0 Å². The zero-order valence-corrected chi connectivity index (χ0v) is 13.3. The molecule has 1 saturated heterocycles. The fourth-order valence-electron chi connectivity index (χ4n) is 2.63. The molecule has 0 bridgehead atoms. The number of amides is 1. The Morgan fingerprint density at radius 3 is 2.96 bits per heavy atom. The number of hydrogen-bond donors (Lipinski definition) is 1. The summed E-state index contributed by atoms with van der Waals surface area (Å²) in [4.78, 5) is 12.2. The summed E-state index contributed by atoms with van der Waals surface area (Å²) in [6.45, 7) is 2.08. The fourth-order valence-corrected chi connectivity index (χ4v) is 2.63. The third kappa shape index (κ3) is 5.23. The van der Waals surface area contributed by atoms with Crippen molar-refractivity contribution in [3.8, 4) is 11.8 Å². The van der Waals surface area contributed by atoms with Gasteiger partial charge in [-0.2, -0.15) is 5.26 Å². The highest BCUT2D eigenvalue weighted by atomic mass is 16.5. The number of ether oxygens (including phenoxy) is 3. The predicted octanol–water partition coefficient (Wildman–Crippen LogP) is 1.49. The topological polar surface area (TPSA) is 80.6 Å². The molecule has 6 heteroatoms. The van der Waals surface area contributed by atoms with Gasteiger partial charge in [0.15, 0.2) is 0 Å². The lowest BCUT2D eigenvalue weighted by molar-refractivity contribution is -0.136. The van der Waals surface area contributed by atoms with E-state index >= 15 is 0 Å². The molecule has 1 atom stereocenters. The lowest BCUT2D eigenvalue weighted by atomic mass is 9.93. The molecule has 0 saturated carbocycles. The highest BCUT2D eigenvalue weighted by Gasteiger charge is 2.29. The van der Waals surface area contributed by atoms with E-state index in [1.165, 1.54) is 0 Å². The van der Waals surface area contributed by atoms with Crippen LogP contribution in [0.1, 0.15) is 18.4 Å². The SMILES string of the molecule is COC(C(=O)NCCOc1cccc(C#N)c1)C1CCOCC1. The van der Waals surface area contributed by atoms with Crippen molar-refractivity contribution in [2.75, 3.05) is 33.5 Å². The van der Waals surface area contributed by atoms with E-state index in [1.54, 1.807) is 31.4 Å². The molecule has 124 valence electrons. The Labute approximate surface area is 136 Å². The Hall–Kier alpha value is -2.10. The molecule has 1 aromatic carbocycles. The number of nitriles is 1. The molecular weight excluding hydrogens is 296 g/mol. The Kier molecular flexibility index (Phi) is 6.85. The molecule has 1 N–H and O–H groups in total. The van der Waals surface area contributed by atoms with Crippen molar-refractivity contribution in [3.63, 3.8) is 0 Å². The molecule has 0 aromatic heterocycles. The summed E-state index contributed by atoms with van der Waals surface area (Å²) in [7, 11) is 1.56. The zero-order chi connectivity index (χ0) is 16.5. The number of nitrogens with zero attached hydrogens (tertiary/aromatic N) is 1. The van der Waals surface area contributed by atoms with Crippen LogP contribution in [-0.2, 0) is 14.3 Å². The molecule has 1 aliphatic rings. The first-order valence-corrected chi connectivity index (χ1v) is 7.76. The van der Waals surface area contributed by atoms with Crippen LogP contribution in [0.2, 0.25) is 0 Å². The lowest BCUT2D eigenvalue weighted by Crippen LogP contribution is -2.43. The fraction of sp³-hybridized carbons (Fsp3) is 0.529. The Morgan fingerprint density at radius 1 is 1.48 bits per heavy atom. The molecule has 1 amide bonds. The minimum atomic E-state index is -0.444. The van der Waals surface area contributed by atoms with Crippen LogP contribution in [0.15, 0.2) is 24.3 Å². The van der Waals surface area contributed by atoms with E-state index in [9.17, 15) is 4.79 Å². The maximum absolute atomic E-state index is 12.2. The molecule has 1 aromatic rings. The largest absolute Gasteiger partial charge is 0.492 e. The summed E-state index contributed by atoms with van der Waals surface area (Å²) < 4.78 is 16.2. The smallest absolute Gasteiger partial charge is 0.249 e.